The van der Waals surface area contributed by atoms with Gasteiger partial charge in [0.25, 0.3) is 0 Å². The average molecular weight is 343 g/mol. The Kier molecular flexibility index (Phi) is 4.56. The lowest BCUT2D eigenvalue weighted by molar-refractivity contribution is -0.103. The number of nitrogens with zero attached hydrogens (tertiary/aromatic N) is 3. The molecule has 5 nitrogen and oxygen atoms in total. The van der Waals surface area contributed by atoms with Gasteiger partial charge in [-0.25, -0.2) is 4.98 Å². The highest BCUT2D eigenvalue weighted by Crippen LogP contribution is 2.36. The Hall–Kier alpha value is -1.43. The van der Waals surface area contributed by atoms with Gasteiger partial charge in [0.1, 0.15) is 12.4 Å². The van der Waals surface area contributed by atoms with Crippen molar-refractivity contribution in [3.05, 3.63) is 29.6 Å². The van der Waals surface area contributed by atoms with Crippen molar-refractivity contribution in [2.75, 3.05) is 20.2 Å². The second-order valence-corrected chi connectivity index (χ2v) is 7.79. The first-order chi connectivity index (χ1) is 12.1. The third kappa shape index (κ3) is 3.09. The molecule has 2 saturated heterocycles. The molecule has 3 heterocycles. The summed E-state index contributed by atoms with van der Waals surface area (Å²) >= 11 is 0. The number of aryl methyl sites for hydroxylation is 1. The van der Waals surface area contributed by atoms with Crippen LogP contribution in [-0.2, 0) is 17.9 Å². The van der Waals surface area contributed by atoms with Crippen molar-refractivity contribution in [3.8, 4) is 0 Å². The summed E-state index contributed by atoms with van der Waals surface area (Å²) in [6, 6.07) is 6.63. The molecular weight excluding hydrogens is 314 g/mol. The van der Waals surface area contributed by atoms with Crippen LogP contribution in [0.15, 0.2) is 18.2 Å². The van der Waals surface area contributed by atoms with Crippen LogP contribution in [0, 0.1) is 6.92 Å². The molecule has 4 rings (SSSR count). The second kappa shape index (κ2) is 6.71. The van der Waals surface area contributed by atoms with Gasteiger partial charge in [-0.15, -0.1) is 0 Å². The molecule has 0 saturated carbocycles. The van der Waals surface area contributed by atoms with Crippen LogP contribution in [0.1, 0.15) is 43.5 Å². The van der Waals surface area contributed by atoms with Gasteiger partial charge in [0.15, 0.2) is 0 Å². The van der Waals surface area contributed by atoms with E-state index in [0.717, 1.165) is 49.2 Å². The minimum atomic E-state index is -0.681. The zero-order valence-corrected chi connectivity index (χ0v) is 15.4. The monoisotopic (exact) mass is 343 g/mol. The Morgan fingerprint density at radius 2 is 2.12 bits per heavy atom. The van der Waals surface area contributed by atoms with Crippen LogP contribution in [0.5, 0.6) is 0 Å². The molecule has 0 aliphatic carbocycles. The van der Waals surface area contributed by atoms with Gasteiger partial charge >= 0.3 is 0 Å². The third-order valence-electron chi connectivity index (χ3n) is 5.98. The molecule has 2 aliphatic rings. The maximum Gasteiger partial charge on any atom is 0.136 e. The van der Waals surface area contributed by atoms with E-state index in [1.165, 1.54) is 18.4 Å². The average Bonchev–Trinajstić information content (AvgIpc) is 2.92. The maximum atomic E-state index is 11.6. The molecule has 0 unspecified atom stereocenters. The van der Waals surface area contributed by atoms with Crippen molar-refractivity contribution in [1.29, 1.82) is 0 Å². The van der Waals surface area contributed by atoms with Crippen LogP contribution < -0.4 is 0 Å². The molecule has 0 radical (unpaired) electrons. The van der Waals surface area contributed by atoms with Crippen molar-refractivity contribution in [2.24, 2.45) is 0 Å². The van der Waals surface area contributed by atoms with Crippen LogP contribution in [0.25, 0.3) is 11.0 Å². The normalized spacial score (nSPS) is 27.6. The molecule has 2 aromatic rings. The topological polar surface area (TPSA) is 50.5 Å². The minimum Gasteiger partial charge on any atom is -0.386 e. The molecule has 2 atom stereocenters. The number of aromatic nitrogens is 2. The largest absolute Gasteiger partial charge is 0.386 e. The zero-order valence-electron chi connectivity index (χ0n) is 15.4. The van der Waals surface area contributed by atoms with Crippen molar-refractivity contribution in [3.63, 3.8) is 0 Å². The number of ether oxygens (including phenoxy) is 1. The van der Waals surface area contributed by atoms with Gasteiger partial charge < -0.3 is 14.4 Å². The third-order valence-corrected chi connectivity index (χ3v) is 5.98. The highest BCUT2D eigenvalue weighted by Gasteiger charge is 2.44. The first-order valence-corrected chi connectivity index (χ1v) is 9.52. The molecule has 5 heteroatoms. The fourth-order valence-corrected chi connectivity index (χ4v) is 4.79. The van der Waals surface area contributed by atoms with Crippen molar-refractivity contribution in [1.82, 2.24) is 14.5 Å². The van der Waals surface area contributed by atoms with Gasteiger partial charge in [0.2, 0.25) is 0 Å². The van der Waals surface area contributed by atoms with Gasteiger partial charge in [0.05, 0.1) is 23.2 Å². The Morgan fingerprint density at radius 3 is 2.96 bits per heavy atom. The number of rotatable bonds is 4. The lowest BCUT2D eigenvalue weighted by Gasteiger charge is -2.49. The highest BCUT2D eigenvalue weighted by atomic mass is 16.5. The minimum absolute atomic E-state index is 0.272. The summed E-state index contributed by atoms with van der Waals surface area (Å²) in [7, 11) is 1.70. The molecule has 0 spiro atoms. The molecule has 1 aromatic carbocycles. The van der Waals surface area contributed by atoms with Crippen molar-refractivity contribution >= 4 is 11.0 Å². The van der Waals surface area contributed by atoms with Crippen LogP contribution in [-0.4, -0.2) is 51.4 Å². The Bertz CT molecular complexity index is 755. The summed E-state index contributed by atoms with van der Waals surface area (Å²) in [5, 5.41) is 11.6. The van der Waals surface area contributed by atoms with E-state index in [1.54, 1.807) is 7.11 Å². The van der Waals surface area contributed by atoms with Crippen molar-refractivity contribution in [2.45, 2.75) is 63.8 Å². The van der Waals surface area contributed by atoms with Crippen molar-refractivity contribution < 1.29 is 9.84 Å². The van der Waals surface area contributed by atoms with E-state index in [1.807, 2.05) is 0 Å². The number of aliphatic hydroxyl groups is 1. The van der Waals surface area contributed by atoms with E-state index in [0.29, 0.717) is 13.2 Å². The highest BCUT2D eigenvalue weighted by molar-refractivity contribution is 5.77. The lowest BCUT2D eigenvalue weighted by Crippen LogP contribution is -2.60. The van der Waals surface area contributed by atoms with E-state index >= 15 is 0 Å². The van der Waals surface area contributed by atoms with Gasteiger partial charge in [-0.3, -0.25) is 4.90 Å². The number of methoxy groups -OCH3 is 1. The molecule has 136 valence electrons. The van der Waals surface area contributed by atoms with Gasteiger partial charge in [-0.05, 0) is 63.4 Å². The number of hydrogen-bond donors (Lipinski definition) is 1. The fraction of sp³-hybridized carbons (Fsp3) is 0.650. The van der Waals surface area contributed by atoms with E-state index in [9.17, 15) is 5.11 Å². The van der Waals surface area contributed by atoms with Gasteiger partial charge in [-0.1, -0.05) is 12.5 Å². The van der Waals surface area contributed by atoms with Crippen LogP contribution in [0.4, 0.5) is 0 Å². The molecule has 25 heavy (non-hydrogen) atoms. The Labute approximate surface area is 149 Å². The SMILES string of the molecule is COCc1nc2cc(C)ccc2n1C[C@]1(O)CCCN2CCCC[C@@H]21. The molecular formula is C20H29N3O2. The lowest BCUT2D eigenvalue weighted by atomic mass is 9.79. The molecule has 1 N–H and O–H groups in total. The molecule has 2 fully saturated rings. The van der Waals surface area contributed by atoms with Crippen LogP contribution >= 0.6 is 0 Å². The maximum absolute atomic E-state index is 11.6. The summed E-state index contributed by atoms with van der Waals surface area (Å²) in [5.74, 6) is 0.907. The van der Waals surface area contributed by atoms with Gasteiger partial charge in [0, 0.05) is 13.2 Å². The van der Waals surface area contributed by atoms with E-state index in [-0.39, 0.29) is 6.04 Å². The van der Waals surface area contributed by atoms with Crippen LogP contribution in [0.3, 0.4) is 0 Å². The van der Waals surface area contributed by atoms with E-state index in [4.69, 9.17) is 9.72 Å². The molecule has 2 aliphatic heterocycles. The standard InChI is InChI=1S/C20H29N3O2/c1-15-7-8-17-16(12-15)21-19(13-25-2)23(17)14-20(24)9-5-11-22-10-4-3-6-18(20)22/h7-8,12,18,24H,3-6,9-11,13-14H2,1-2H3/t18-,20-/m1/s1. The predicted molar refractivity (Wildman–Crippen MR) is 98.6 cm³/mol. The summed E-state index contributed by atoms with van der Waals surface area (Å²) < 4.78 is 7.57. The number of fused-ring (bicyclic) bond motifs is 2. The zero-order chi connectivity index (χ0) is 17.4. The Morgan fingerprint density at radius 1 is 1.28 bits per heavy atom. The fourth-order valence-electron chi connectivity index (χ4n) is 4.79. The first-order valence-electron chi connectivity index (χ1n) is 9.52. The van der Waals surface area contributed by atoms with Crippen LogP contribution in [0.2, 0.25) is 0 Å². The molecule has 0 bridgehead atoms. The summed E-state index contributed by atoms with van der Waals surface area (Å²) in [6.07, 6.45) is 5.51. The summed E-state index contributed by atoms with van der Waals surface area (Å²) in [6.45, 7) is 5.41. The van der Waals surface area contributed by atoms with E-state index < -0.39 is 5.60 Å². The summed E-state index contributed by atoms with van der Waals surface area (Å²) in [4.78, 5) is 7.28. The Balaban J connectivity index is 1.72. The first kappa shape index (κ1) is 17.0. The van der Waals surface area contributed by atoms with Gasteiger partial charge in [-0.2, -0.15) is 0 Å². The predicted octanol–water partition coefficient (Wildman–Crippen LogP) is 2.87. The number of benzene rings is 1. The molecule has 1 aromatic heterocycles. The summed E-state index contributed by atoms with van der Waals surface area (Å²) in [5.41, 5.74) is 2.61. The number of piperidine rings is 2. The second-order valence-electron chi connectivity index (χ2n) is 7.79. The number of imidazole rings is 1. The quantitative estimate of drug-likeness (QED) is 0.927. The number of hydrogen-bond acceptors (Lipinski definition) is 4. The molecule has 0 amide bonds. The smallest absolute Gasteiger partial charge is 0.136 e. The van der Waals surface area contributed by atoms with E-state index in [2.05, 4.69) is 34.6 Å².